The van der Waals surface area contributed by atoms with E-state index in [2.05, 4.69) is 0 Å². The number of ether oxygens (including phenoxy) is 3. The van der Waals surface area contributed by atoms with Crippen LogP contribution in [0.4, 0.5) is 0 Å². The second-order valence-corrected chi connectivity index (χ2v) is 5.25. The molecule has 0 fully saturated rings. The minimum absolute atomic E-state index is 0.0350. The molecule has 0 radical (unpaired) electrons. The molecule has 0 amide bonds. The summed E-state index contributed by atoms with van der Waals surface area (Å²) in [5, 5.41) is 0. The fraction of sp³-hybridized carbons (Fsp3) is 0.583. The molecule has 18 heavy (non-hydrogen) atoms. The molecule has 0 aliphatic heterocycles. The number of carbonyl (C=O) groups is 1. The molecule has 0 aromatic carbocycles. The topological polar surface area (TPSA) is 44.8 Å². The lowest BCUT2D eigenvalue weighted by molar-refractivity contribution is 0.0490. The average Bonchev–Trinajstić information content (AvgIpc) is 2.79. The standard InChI is InChI=1S/C12H17ClO4S/c1-15-7-8-16-5-2-6-17-9-10(14)11-3-4-12(13)18-11/h3-4H,2,5-9H2,1H3. The Morgan fingerprint density at radius 1 is 1.22 bits per heavy atom. The van der Waals surface area contributed by atoms with Gasteiger partial charge in [0.1, 0.15) is 6.61 Å². The van der Waals surface area contributed by atoms with Crippen molar-refractivity contribution >= 4 is 28.7 Å². The number of Topliss-reactive ketones (excluding diaryl/α,β-unsaturated/α-hetero) is 1. The molecule has 0 saturated heterocycles. The molecule has 1 aromatic heterocycles. The van der Waals surface area contributed by atoms with Gasteiger partial charge in [0.25, 0.3) is 0 Å². The zero-order valence-corrected chi connectivity index (χ0v) is 11.9. The molecular formula is C12H17ClO4S. The lowest BCUT2D eigenvalue weighted by Gasteiger charge is -2.04. The fourth-order valence-electron chi connectivity index (χ4n) is 1.21. The molecule has 0 N–H and O–H groups in total. The highest BCUT2D eigenvalue weighted by atomic mass is 35.5. The predicted octanol–water partition coefficient (Wildman–Crippen LogP) is 2.65. The highest BCUT2D eigenvalue weighted by Gasteiger charge is 2.08. The van der Waals surface area contributed by atoms with Crippen molar-refractivity contribution in [3.63, 3.8) is 0 Å². The molecule has 1 heterocycles. The van der Waals surface area contributed by atoms with Gasteiger partial charge in [-0.05, 0) is 18.6 Å². The summed E-state index contributed by atoms with van der Waals surface area (Å²) in [7, 11) is 1.63. The van der Waals surface area contributed by atoms with E-state index in [9.17, 15) is 4.79 Å². The van der Waals surface area contributed by atoms with Gasteiger partial charge in [0.15, 0.2) is 5.78 Å². The Balaban J connectivity index is 1.99. The third-order valence-corrected chi connectivity index (χ3v) is 3.36. The third-order valence-electron chi connectivity index (χ3n) is 2.09. The molecule has 0 saturated carbocycles. The lowest BCUT2D eigenvalue weighted by Crippen LogP contribution is -2.10. The van der Waals surface area contributed by atoms with Crippen LogP contribution in [0, 0.1) is 0 Å². The number of halogens is 1. The Labute approximate surface area is 116 Å². The first-order chi connectivity index (χ1) is 8.74. The molecule has 1 rings (SSSR count). The van der Waals surface area contributed by atoms with Crippen molar-refractivity contribution in [1.82, 2.24) is 0 Å². The van der Waals surface area contributed by atoms with Crippen LogP contribution in [-0.4, -0.2) is 45.9 Å². The van der Waals surface area contributed by atoms with Gasteiger partial charge in [0.2, 0.25) is 0 Å². The Kier molecular flexibility index (Phi) is 8.20. The quantitative estimate of drug-likeness (QED) is 0.491. The van der Waals surface area contributed by atoms with Gasteiger partial charge in [-0.3, -0.25) is 4.79 Å². The van der Waals surface area contributed by atoms with Crippen LogP contribution in [0.1, 0.15) is 16.1 Å². The number of methoxy groups -OCH3 is 1. The van der Waals surface area contributed by atoms with Crippen LogP contribution >= 0.6 is 22.9 Å². The Bertz CT molecular complexity index is 354. The molecule has 0 aliphatic carbocycles. The van der Waals surface area contributed by atoms with E-state index >= 15 is 0 Å². The summed E-state index contributed by atoms with van der Waals surface area (Å²) in [6, 6.07) is 3.43. The summed E-state index contributed by atoms with van der Waals surface area (Å²) < 4.78 is 16.0. The maximum absolute atomic E-state index is 11.6. The third kappa shape index (κ3) is 6.47. The largest absolute Gasteiger partial charge is 0.382 e. The van der Waals surface area contributed by atoms with Crippen LogP contribution in [0.25, 0.3) is 0 Å². The van der Waals surface area contributed by atoms with Crippen molar-refractivity contribution in [3.8, 4) is 0 Å². The zero-order valence-electron chi connectivity index (χ0n) is 10.3. The van der Waals surface area contributed by atoms with Gasteiger partial charge < -0.3 is 14.2 Å². The molecule has 6 heteroatoms. The van der Waals surface area contributed by atoms with Gasteiger partial charge in [0, 0.05) is 20.3 Å². The van der Waals surface area contributed by atoms with Crippen molar-refractivity contribution in [2.24, 2.45) is 0 Å². The van der Waals surface area contributed by atoms with E-state index < -0.39 is 0 Å². The normalized spacial score (nSPS) is 10.8. The minimum atomic E-state index is -0.0350. The van der Waals surface area contributed by atoms with Gasteiger partial charge in [0.05, 0.1) is 22.4 Å². The van der Waals surface area contributed by atoms with Crippen molar-refractivity contribution in [2.75, 3.05) is 40.1 Å². The Hall–Kier alpha value is -0.460. The first-order valence-electron chi connectivity index (χ1n) is 5.67. The summed E-state index contributed by atoms with van der Waals surface area (Å²) in [5.74, 6) is -0.0350. The van der Waals surface area contributed by atoms with Crippen molar-refractivity contribution < 1.29 is 19.0 Å². The van der Waals surface area contributed by atoms with E-state index in [0.29, 0.717) is 35.6 Å². The smallest absolute Gasteiger partial charge is 0.198 e. The van der Waals surface area contributed by atoms with Crippen LogP contribution in [0.3, 0.4) is 0 Å². The van der Waals surface area contributed by atoms with E-state index in [1.54, 1.807) is 19.2 Å². The Morgan fingerprint density at radius 2 is 2.00 bits per heavy atom. The summed E-state index contributed by atoms with van der Waals surface area (Å²) in [6.45, 7) is 2.40. The van der Waals surface area contributed by atoms with Crippen LogP contribution in [0.2, 0.25) is 4.34 Å². The summed E-state index contributed by atoms with van der Waals surface area (Å²) in [5.41, 5.74) is 0. The van der Waals surface area contributed by atoms with Crippen LogP contribution in [0.15, 0.2) is 12.1 Å². The second-order valence-electron chi connectivity index (χ2n) is 3.54. The zero-order chi connectivity index (χ0) is 13.2. The monoisotopic (exact) mass is 292 g/mol. The number of carbonyl (C=O) groups excluding carboxylic acids is 1. The van der Waals surface area contributed by atoms with Crippen molar-refractivity contribution in [3.05, 3.63) is 21.3 Å². The minimum Gasteiger partial charge on any atom is -0.382 e. The predicted molar refractivity (Wildman–Crippen MR) is 71.8 cm³/mol. The van der Waals surface area contributed by atoms with Gasteiger partial charge >= 0.3 is 0 Å². The number of hydrogen-bond donors (Lipinski definition) is 0. The fourth-order valence-corrected chi connectivity index (χ4v) is 2.17. The van der Waals surface area contributed by atoms with Crippen LogP contribution in [0.5, 0.6) is 0 Å². The molecule has 0 unspecified atom stereocenters. The van der Waals surface area contributed by atoms with E-state index in [-0.39, 0.29) is 12.4 Å². The number of thiophene rings is 1. The average molecular weight is 293 g/mol. The van der Waals surface area contributed by atoms with Gasteiger partial charge in [-0.25, -0.2) is 0 Å². The summed E-state index contributed by atoms with van der Waals surface area (Å²) >= 11 is 7.02. The number of ketones is 1. The molecular weight excluding hydrogens is 276 g/mol. The molecule has 0 aliphatic rings. The molecule has 1 aromatic rings. The van der Waals surface area contributed by atoms with Crippen LogP contribution < -0.4 is 0 Å². The van der Waals surface area contributed by atoms with Crippen molar-refractivity contribution in [2.45, 2.75) is 6.42 Å². The summed E-state index contributed by atoms with van der Waals surface area (Å²) in [6.07, 6.45) is 0.766. The molecule has 0 spiro atoms. The second kappa shape index (κ2) is 9.47. The van der Waals surface area contributed by atoms with E-state index in [1.807, 2.05) is 0 Å². The number of hydrogen-bond acceptors (Lipinski definition) is 5. The lowest BCUT2D eigenvalue weighted by atomic mass is 10.3. The van der Waals surface area contributed by atoms with Gasteiger partial charge in [-0.1, -0.05) is 11.6 Å². The first-order valence-corrected chi connectivity index (χ1v) is 6.86. The van der Waals surface area contributed by atoms with E-state index in [4.69, 9.17) is 25.8 Å². The van der Waals surface area contributed by atoms with E-state index in [1.165, 1.54) is 11.3 Å². The van der Waals surface area contributed by atoms with Gasteiger partial charge in [-0.15, -0.1) is 11.3 Å². The Morgan fingerprint density at radius 3 is 2.67 bits per heavy atom. The molecule has 102 valence electrons. The first kappa shape index (κ1) is 15.6. The maximum Gasteiger partial charge on any atom is 0.198 e. The maximum atomic E-state index is 11.6. The number of rotatable bonds is 10. The van der Waals surface area contributed by atoms with E-state index in [0.717, 1.165) is 6.42 Å². The highest BCUT2D eigenvalue weighted by molar-refractivity contribution is 7.18. The van der Waals surface area contributed by atoms with Gasteiger partial charge in [-0.2, -0.15) is 0 Å². The molecule has 4 nitrogen and oxygen atoms in total. The summed E-state index contributed by atoms with van der Waals surface area (Å²) in [4.78, 5) is 12.2. The molecule has 0 bridgehead atoms. The van der Waals surface area contributed by atoms with Crippen LogP contribution in [-0.2, 0) is 14.2 Å². The SMILES string of the molecule is COCCOCCCOCC(=O)c1ccc(Cl)s1. The molecule has 0 atom stereocenters. The van der Waals surface area contributed by atoms with Crippen molar-refractivity contribution in [1.29, 1.82) is 0 Å². The highest BCUT2D eigenvalue weighted by Crippen LogP contribution is 2.21.